The summed E-state index contributed by atoms with van der Waals surface area (Å²) in [5.74, 6) is 0.811. The fraction of sp³-hybridized carbons (Fsp3) is 0.400. The Labute approximate surface area is 127 Å². The van der Waals surface area contributed by atoms with Crippen molar-refractivity contribution in [3.05, 3.63) is 30.7 Å². The lowest BCUT2D eigenvalue weighted by Crippen LogP contribution is -2.38. The van der Waals surface area contributed by atoms with Crippen molar-refractivity contribution >= 4 is 11.7 Å². The van der Waals surface area contributed by atoms with Gasteiger partial charge in [-0.05, 0) is 30.9 Å². The molecule has 3 rings (SSSR count). The summed E-state index contributed by atoms with van der Waals surface area (Å²) >= 11 is 0. The van der Waals surface area contributed by atoms with Crippen LogP contribution in [-0.2, 0) is 0 Å². The fourth-order valence-corrected chi connectivity index (χ4v) is 2.25. The van der Waals surface area contributed by atoms with Crippen molar-refractivity contribution in [2.24, 2.45) is 5.92 Å². The molecule has 0 spiro atoms. The van der Waals surface area contributed by atoms with Crippen LogP contribution in [0.3, 0.4) is 0 Å². The highest BCUT2D eigenvalue weighted by Gasteiger charge is 2.31. The number of hydrogen-bond acceptors (Lipinski definition) is 5. The quantitative estimate of drug-likeness (QED) is 0.881. The van der Waals surface area contributed by atoms with Crippen LogP contribution in [-0.4, -0.2) is 45.9 Å². The summed E-state index contributed by atoms with van der Waals surface area (Å²) in [4.78, 5) is 17.6. The van der Waals surface area contributed by atoms with E-state index in [-0.39, 0.29) is 6.03 Å². The minimum absolute atomic E-state index is 0.259. The van der Waals surface area contributed by atoms with Gasteiger partial charge in [0.25, 0.3) is 0 Å². The van der Waals surface area contributed by atoms with Gasteiger partial charge in [-0.3, -0.25) is 0 Å². The molecular formula is C15H18N4O3. The molecule has 1 aliphatic carbocycles. The van der Waals surface area contributed by atoms with E-state index >= 15 is 0 Å². The number of anilines is 1. The van der Waals surface area contributed by atoms with E-state index in [1.54, 1.807) is 25.2 Å². The molecule has 116 valence electrons. The van der Waals surface area contributed by atoms with Gasteiger partial charge < -0.3 is 19.8 Å². The lowest BCUT2D eigenvalue weighted by molar-refractivity contribution is 0.117. The van der Waals surface area contributed by atoms with Gasteiger partial charge in [0.15, 0.2) is 0 Å². The van der Waals surface area contributed by atoms with Crippen molar-refractivity contribution in [1.82, 2.24) is 15.0 Å². The lowest BCUT2D eigenvalue weighted by atomic mass is 10.2. The van der Waals surface area contributed by atoms with E-state index in [1.807, 2.05) is 6.07 Å². The number of hydrogen-bond donors (Lipinski definition) is 2. The number of carbonyl (C=O) groups excluding carboxylic acids is 1. The van der Waals surface area contributed by atoms with Gasteiger partial charge in [-0.1, -0.05) is 17.3 Å². The third kappa shape index (κ3) is 3.43. The summed E-state index contributed by atoms with van der Waals surface area (Å²) in [6, 6.07) is 6.94. The first-order valence-corrected chi connectivity index (χ1v) is 7.20. The van der Waals surface area contributed by atoms with Crippen LogP contribution >= 0.6 is 0 Å². The largest absolute Gasteiger partial charge is 0.391 e. The molecule has 0 saturated heterocycles. The standard InChI is InChI=1S/C15H18N4O3/c1-19(8-13(20)10-5-6-10)15(21)17-12-4-2-3-11(7-12)14-16-9-22-18-14/h2-4,7,9-10,13,20H,5-6,8H2,1H3,(H,17,21). The number of urea groups is 1. The predicted octanol–water partition coefficient (Wildman–Crippen LogP) is 1.97. The molecule has 1 aromatic heterocycles. The van der Waals surface area contributed by atoms with Crippen LogP contribution in [0.5, 0.6) is 0 Å². The van der Waals surface area contributed by atoms with Gasteiger partial charge in [-0.25, -0.2) is 4.79 Å². The molecule has 1 saturated carbocycles. The summed E-state index contributed by atoms with van der Waals surface area (Å²) in [5.41, 5.74) is 1.40. The highest BCUT2D eigenvalue weighted by Crippen LogP contribution is 2.32. The Hall–Kier alpha value is -2.41. The topological polar surface area (TPSA) is 91.5 Å². The molecule has 1 unspecified atom stereocenters. The molecule has 22 heavy (non-hydrogen) atoms. The summed E-state index contributed by atoms with van der Waals surface area (Å²) in [5, 5.41) is 16.5. The minimum atomic E-state index is -0.443. The van der Waals surface area contributed by atoms with Gasteiger partial charge in [0, 0.05) is 24.8 Å². The van der Waals surface area contributed by atoms with Crippen molar-refractivity contribution in [3.8, 4) is 11.4 Å². The molecule has 2 amide bonds. The van der Waals surface area contributed by atoms with Crippen molar-refractivity contribution in [2.45, 2.75) is 18.9 Å². The van der Waals surface area contributed by atoms with Crippen LogP contribution in [0, 0.1) is 5.92 Å². The number of amides is 2. The zero-order valence-electron chi connectivity index (χ0n) is 12.3. The maximum Gasteiger partial charge on any atom is 0.321 e. The summed E-state index contributed by atoms with van der Waals surface area (Å²) in [6.45, 7) is 0.334. The number of rotatable bonds is 5. The first kappa shape index (κ1) is 14.5. The van der Waals surface area contributed by atoms with E-state index in [2.05, 4.69) is 15.5 Å². The van der Waals surface area contributed by atoms with Crippen LogP contribution in [0.4, 0.5) is 10.5 Å². The highest BCUT2D eigenvalue weighted by atomic mass is 16.5. The van der Waals surface area contributed by atoms with Gasteiger partial charge in [0.2, 0.25) is 12.2 Å². The SMILES string of the molecule is CN(CC(O)C1CC1)C(=O)Nc1cccc(-c2ncon2)c1. The molecule has 7 nitrogen and oxygen atoms in total. The van der Waals surface area contributed by atoms with E-state index in [9.17, 15) is 9.90 Å². The molecule has 1 atom stereocenters. The smallest absolute Gasteiger partial charge is 0.321 e. The van der Waals surface area contributed by atoms with Crippen molar-refractivity contribution in [3.63, 3.8) is 0 Å². The molecular weight excluding hydrogens is 284 g/mol. The third-order valence-electron chi connectivity index (χ3n) is 3.71. The second-order valence-corrected chi connectivity index (χ2v) is 5.55. The summed E-state index contributed by atoms with van der Waals surface area (Å²) < 4.78 is 4.72. The molecule has 2 N–H and O–H groups in total. The Morgan fingerprint density at radius 1 is 1.55 bits per heavy atom. The Bertz CT molecular complexity index is 640. The maximum absolute atomic E-state index is 12.1. The number of carbonyl (C=O) groups is 1. The molecule has 1 heterocycles. The van der Waals surface area contributed by atoms with Gasteiger partial charge >= 0.3 is 6.03 Å². The lowest BCUT2D eigenvalue weighted by Gasteiger charge is -2.21. The zero-order chi connectivity index (χ0) is 15.5. The molecule has 0 bridgehead atoms. The molecule has 7 heteroatoms. The van der Waals surface area contributed by atoms with E-state index in [0.29, 0.717) is 24.0 Å². The first-order chi connectivity index (χ1) is 10.6. The van der Waals surface area contributed by atoms with Crippen molar-refractivity contribution < 1.29 is 14.4 Å². The Kier molecular flexibility index (Phi) is 4.06. The average Bonchev–Trinajstić information content (AvgIpc) is 3.22. The van der Waals surface area contributed by atoms with E-state index in [4.69, 9.17) is 4.52 Å². The number of aliphatic hydroxyl groups is 1. The average molecular weight is 302 g/mol. The zero-order valence-corrected chi connectivity index (χ0v) is 12.3. The Balaban J connectivity index is 1.62. The van der Waals surface area contributed by atoms with Crippen molar-refractivity contribution in [2.75, 3.05) is 18.9 Å². The highest BCUT2D eigenvalue weighted by molar-refractivity contribution is 5.89. The number of likely N-dealkylation sites (N-methyl/N-ethyl adjacent to an activating group) is 1. The Morgan fingerprint density at radius 2 is 2.36 bits per heavy atom. The summed E-state index contributed by atoms with van der Waals surface area (Å²) in [6.07, 6.45) is 2.90. The van der Waals surface area contributed by atoms with Gasteiger partial charge in [-0.2, -0.15) is 4.98 Å². The monoisotopic (exact) mass is 302 g/mol. The number of nitrogens with one attached hydrogen (secondary N) is 1. The van der Waals surface area contributed by atoms with E-state index < -0.39 is 6.10 Å². The minimum Gasteiger partial charge on any atom is -0.391 e. The number of nitrogens with zero attached hydrogens (tertiary/aromatic N) is 3. The van der Waals surface area contributed by atoms with E-state index in [1.165, 1.54) is 11.3 Å². The maximum atomic E-state index is 12.1. The molecule has 1 fully saturated rings. The van der Waals surface area contributed by atoms with Crippen molar-refractivity contribution in [1.29, 1.82) is 0 Å². The van der Waals surface area contributed by atoms with Crippen LogP contribution in [0.25, 0.3) is 11.4 Å². The second-order valence-electron chi connectivity index (χ2n) is 5.55. The number of benzene rings is 1. The van der Waals surface area contributed by atoms with Crippen LogP contribution in [0.1, 0.15) is 12.8 Å². The van der Waals surface area contributed by atoms with Gasteiger partial charge in [0.05, 0.1) is 6.10 Å². The van der Waals surface area contributed by atoms with Crippen LogP contribution in [0.15, 0.2) is 35.2 Å². The molecule has 1 aromatic carbocycles. The van der Waals surface area contributed by atoms with Crippen LogP contribution in [0.2, 0.25) is 0 Å². The molecule has 1 aliphatic rings. The molecule has 0 aliphatic heterocycles. The Morgan fingerprint density at radius 3 is 3.05 bits per heavy atom. The summed E-state index contributed by atoms with van der Waals surface area (Å²) in [7, 11) is 1.67. The second kappa shape index (κ2) is 6.15. The van der Waals surface area contributed by atoms with Gasteiger partial charge in [-0.15, -0.1) is 0 Å². The predicted molar refractivity (Wildman–Crippen MR) is 80.1 cm³/mol. The third-order valence-corrected chi connectivity index (χ3v) is 3.71. The first-order valence-electron chi connectivity index (χ1n) is 7.20. The number of aliphatic hydroxyl groups excluding tert-OH is 1. The molecule has 0 radical (unpaired) electrons. The molecule has 2 aromatic rings. The number of aromatic nitrogens is 2. The van der Waals surface area contributed by atoms with Gasteiger partial charge in [0.1, 0.15) is 0 Å². The van der Waals surface area contributed by atoms with E-state index in [0.717, 1.165) is 18.4 Å². The normalized spacial score (nSPS) is 15.4. The fourth-order valence-electron chi connectivity index (χ4n) is 2.25. The van der Waals surface area contributed by atoms with Crippen LogP contribution < -0.4 is 5.32 Å².